The lowest BCUT2D eigenvalue weighted by Crippen LogP contribution is -2.26. The van der Waals surface area contributed by atoms with Crippen LogP contribution >= 0.6 is 0 Å². The lowest BCUT2D eigenvalue weighted by Gasteiger charge is -2.38. The smallest absolute Gasteiger partial charge is 0.00371 e. The Hall–Kier alpha value is -1.50. The highest BCUT2D eigenvalue weighted by atomic mass is 14.6. The maximum absolute atomic E-state index is 6.02. The summed E-state index contributed by atoms with van der Waals surface area (Å²) >= 11 is 0. The Labute approximate surface area is 167 Å². The molecule has 3 aliphatic carbocycles. The van der Waals surface area contributed by atoms with Crippen molar-refractivity contribution in [2.24, 2.45) is 29.4 Å². The van der Waals surface area contributed by atoms with E-state index in [1.165, 1.54) is 51.4 Å². The summed E-state index contributed by atoms with van der Waals surface area (Å²) in [4.78, 5) is 0. The molecule has 4 unspecified atom stereocenters. The molecule has 4 atom stereocenters. The van der Waals surface area contributed by atoms with Gasteiger partial charge in [0.1, 0.15) is 0 Å². The standard InChI is InChI=1S/C26H39N/c1-3-24(27)16-10-11-20(2)26-19-23(21-12-6-4-7-13-21)17-18-25(26)22-14-8-5-9-15-22/h4,6,8,12,14,16,19-20,22-23,25H,3,5,7,9-11,13,15,17-18,27H2,1-2H3/b24-16+. The average molecular weight is 366 g/mol. The minimum absolute atomic E-state index is 0.661. The fourth-order valence-corrected chi connectivity index (χ4v) is 5.18. The molecule has 0 saturated heterocycles. The summed E-state index contributed by atoms with van der Waals surface area (Å²) < 4.78 is 0. The molecule has 0 bridgehead atoms. The second-order valence-electron chi connectivity index (χ2n) is 8.80. The predicted octanol–water partition coefficient (Wildman–Crippen LogP) is 7.24. The van der Waals surface area contributed by atoms with Gasteiger partial charge in [-0.1, -0.05) is 67.5 Å². The minimum atomic E-state index is 0.661. The SMILES string of the molecule is CC/C(N)=C\CCC(C)C1=CC(C2=CC=CCC2)CCC1C1C=CCCC1. The van der Waals surface area contributed by atoms with Crippen molar-refractivity contribution in [3.05, 3.63) is 59.4 Å². The molecule has 1 heteroatoms. The molecule has 3 rings (SSSR count). The van der Waals surface area contributed by atoms with Crippen LogP contribution in [0.4, 0.5) is 0 Å². The lowest BCUT2D eigenvalue weighted by molar-refractivity contribution is 0.316. The van der Waals surface area contributed by atoms with Gasteiger partial charge in [-0.3, -0.25) is 0 Å². The number of rotatable bonds is 7. The van der Waals surface area contributed by atoms with Gasteiger partial charge in [-0.25, -0.2) is 0 Å². The number of hydrogen-bond donors (Lipinski definition) is 1. The molecule has 0 aromatic rings. The van der Waals surface area contributed by atoms with Gasteiger partial charge in [-0.05, 0) is 87.9 Å². The molecule has 2 N–H and O–H groups in total. The van der Waals surface area contributed by atoms with Crippen LogP contribution in [0.5, 0.6) is 0 Å². The predicted molar refractivity (Wildman–Crippen MR) is 118 cm³/mol. The molecule has 0 saturated carbocycles. The Morgan fingerprint density at radius 2 is 2.11 bits per heavy atom. The van der Waals surface area contributed by atoms with E-state index < -0.39 is 0 Å². The van der Waals surface area contributed by atoms with Crippen LogP contribution in [-0.2, 0) is 0 Å². The van der Waals surface area contributed by atoms with Crippen molar-refractivity contribution >= 4 is 0 Å². The van der Waals surface area contributed by atoms with Gasteiger partial charge in [0, 0.05) is 5.70 Å². The topological polar surface area (TPSA) is 26.0 Å². The van der Waals surface area contributed by atoms with E-state index >= 15 is 0 Å². The number of hydrogen-bond acceptors (Lipinski definition) is 1. The number of nitrogens with two attached hydrogens (primary N) is 1. The summed E-state index contributed by atoms with van der Waals surface area (Å²) in [5, 5.41) is 0. The average Bonchev–Trinajstić information content (AvgIpc) is 2.74. The summed E-state index contributed by atoms with van der Waals surface area (Å²) in [6.07, 6.45) is 29.4. The van der Waals surface area contributed by atoms with Crippen LogP contribution in [0.15, 0.2) is 59.4 Å². The molecule has 0 heterocycles. The van der Waals surface area contributed by atoms with Crippen molar-refractivity contribution in [3.8, 4) is 0 Å². The zero-order valence-corrected chi connectivity index (χ0v) is 17.5. The zero-order chi connectivity index (χ0) is 19.1. The Morgan fingerprint density at radius 3 is 2.81 bits per heavy atom. The van der Waals surface area contributed by atoms with Gasteiger partial charge >= 0.3 is 0 Å². The van der Waals surface area contributed by atoms with Crippen molar-refractivity contribution in [1.82, 2.24) is 0 Å². The largest absolute Gasteiger partial charge is 0.402 e. The van der Waals surface area contributed by atoms with Crippen LogP contribution in [0.2, 0.25) is 0 Å². The molecular formula is C26H39N. The molecule has 1 nitrogen and oxygen atoms in total. The molecule has 0 fully saturated rings. The van der Waals surface area contributed by atoms with Gasteiger partial charge in [0.15, 0.2) is 0 Å². The molecule has 0 aromatic heterocycles. The zero-order valence-electron chi connectivity index (χ0n) is 17.5. The third kappa shape index (κ3) is 5.50. The van der Waals surface area contributed by atoms with Crippen LogP contribution in [0.25, 0.3) is 0 Å². The summed E-state index contributed by atoms with van der Waals surface area (Å²) in [6.45, 7) is 4.60. The van der Waals surface area contributed by atoms with Crippen LogP contribution in [0, 0.1) is 23.7 Å². The third-order valence-corrected chi connectivity index (χ3v) is 6.92. The van der Waals surface area contributed by atoms with E-state index in [0.29, 0.717) is 11.8 Å². The minimum Gasteiger partial charge on any atom is -0.402 e. The van der Waals surface area contributed by atoms with Crippen molar-refractivity contribution in [3.63, 3.8) is 0 Å². The normalized spacial score (nSPS) is 30.0. The molecule has 0 radical (unpaired) electrons. The molecule has 148 valence electrons. The van der Waals surface area contributed by atoms with Gasteiger partial charge in [0.25, 0.3) is 0 Å². The first-order valence-electron chi connectivity index (χ1n) is 11.4. The fraction of sp³-hybridized carbons (Fsp3) is 0.615. The molecule has 0 spiro atoms. The van der Waals surface area contributed by atoms with Crippen molar-refractivity contribution in [2.75, 3.05) is 0 Å². The number of allylic oxidation sites excluding steroid dienone is 10. The highest BCUT2D eigenvalue weighted by Gasteiger charge is 2.32. The summed E-state index contributed by atoms with van der Waals surface area (Å²) in [6, 6.07) is 0. The third-order valence-electron chi connectivity index (χ3n) is 6.92. The van der Waals surface area contributed by atoms with Crippen LogP contribution in [-0.4, -0.2) is 0 Å². The van der Waals surface area contributed by atoms with Crippen LogP contribution in [0.3, 0.4) is 0 Å². The van der Waals surface area contributed by atoms with E-state index in [1.54, 1.807) is 11.1 Å². The summed E-state index contributed by atoms with van der Waals surface area (Å²) in [7, 11) is 0. The molecule has 27 heavy (non-hydrogen) atoms. The van der Waals surface area contributed by atoms with E-state index in [1.807, 2.05) is 0 Å². The van der Waals surface area contributed by atoms with Crippen molar-refractivity contribution in [1.29, 1.82) is 0 Å². The molecular weight excluding hydrogens is 326 g/mol. The van der Waals surface area contributed by atoms with E-state index in [2.05, 4.69) is 56.4 Å². The lowest BCUT2D eigenvalue weighted by atomic mass is 9.67. The molecule has 3 aliphatic rings. The van der Waals surface area contributed by atoms with Gasteiger partial charge in [0.2, 0.25) is 0 Å². The van der Waals surface area contributed by atoms with Gasteiger partial charge < -0.3 is 5.73 Å². The first-order valence-corrected chi connectivity index (χ1v) is 11.4. The highest BCUT2D eigenvalue weighted by Crippen LogP contribution is 2.44. The summed E-state index contributed by atoms with van der Waals surface area (Å²) in [5.41, 5.74) is 10.5. The summed E-state index contributed by atoms with van der Waals surface area (Å²) in [5.74, 6) is 2.87. The van der Waals surface area contributed by atoms with Crippen LogP contribution in [0.1, 0.15) is 78.1 Å². The maximum atomic E-state index is 6.02. The monoisotopic (exact) mass is 365 g/mol. The highest BCUT2D eigenvalue weighted by molar-refractivity contribution is 5.29. The van der Waals surface area contributed by atoms with E-state index in [-0.39, 0.29) is 0 Å². The second kappa shape index (κ2) is 10.2. The Balaban J connectivity index is 1.77. The van der Waals surface area contributed by atoms with E-state index in [4.69, 9.17) is 5.73 Å². The van der Waals surface area contributed by atoms with Crippen molar-refractivity contribution < 1.29 is 0 Å². The van der Waals surface area contributed by atoms with Crippen molar-refractivity contribution in [2.45, 2.75) is 78.1 Å². The van der Waals surface area contributed by atoms with Gasteiger partial charge in [-0.15, -0.1) is 0 Å². The first-order chi connectivity index (χ1) is 13.2. The van der Waals surface area contributed by atoms with E-state index in [9.17, 15) is 0 Å². The quantitative estimate of drug-likeness (QED) is 0.473. The fourth-order valence-electron chi connectivity index (χ4n) is 5.18. The first kappa shape index (κ1) is 20.2. The van der Waals surface area contributed by atoms with Gasteiger partial charge in [0.05, 0.1) is 0 Å². The van der Waals surface area contributed by atoms with Gasteiger partial charge in [-0.2, -0.15) is 0 Å². The Morgan fingerprint density at radius 1 is 1.22 bits per heavy atom. The molecule has 0 amide bonds. The Bertz CT molecular complexity index is 631. The van der Waals surface area contributed by atoms with E-state index in [0.717, 1.165) is 30.4 Å². The van der Waals surface area contributed by atoms with Crippen LogP contribution < -0.4 is 5.73 Å². The maximum Gasteiger partial charge on any atom is 0.00371 e. The molecule has 0 aromatic carbocycles. The second-order valence-corrected chi connectivity index (χ2v) is 8.80. The Kier molecular flexibility index (Phi) is 7.61. The molecule has 0 aliphatic heterocycles.